The molecule has 2 aromatic rings. The smallest absolute Gasteiger partial charge is 0.355 e. The number of rotatable bonds is 7. The summed E-state index contributed by atoms with van der Waals surface area (Å²) in [4.78, 5) is 39.2. The molecule has 0 bridgehead atoms. The molecule has 1 fully saturated rings. The van der Waals surface area contributed by atoms with Crippen molar-refractivity contribution in [3.05, 3.63) is 46.8 Å². The maximum Gasteiger partial charge on any atom is 0.355 e. The van der Waals surface area contributed by atoms with E-state index in [2.05, 4.69) is 10.3 Å². The fourth-order valence-corrected chi connectivity index (χ4v) is 5.36. The molecule has 10 heteroatoms. The van der Waals surface area contributed by atoms with Crippen LogP contribution in [-0.2, 0) is 19.6 Å². The first-order valence-corrected chi connectivity index (χ1v) is 11.8. The van der Waals surface area contributed by atoms with E-state index in [1.54, 1.807) is 13.8 Å². The summed E-state index contributed by atoms with van der Waals surface area (Å²) in [5.41, 5.74) is 1.99. The molecule has 3 rings (SSSR count). The number of carbonyl (C=O) groups is 3. The van der Waals surface area contributed by atoms with Gasteiger partial charge in [-0.1, -0.05) is 6.42 Å². The van der Waals surface area contributed by atoms with Gasteiger partial charge in [0.2, 0.25) is 10.0 Å². The van der Waals surface area contributed by atoms with Gasteiger partial charge in [0.05, 0.1) is 4.90 Å². The molecule has 2 N–H and O–H groups in total. The molecular formula is C22H27N3O6S. The molecule has 1 aromatic carbocycles. The molecule has 32 heavy (non-hydrogen) atoms. The number of hydrogen-bond donors (Lipinski definition) is 2. The molecule has 0 aliphatic carbocycles. The van der Waals surface area contributed by atoms with Gasteiger partial charge in [0, 0.05) is 30.0 Å². The summed E-state index contributed by atoms with van der Waals surface area (Å²) in [5, 5.41) is 2.57. The number of aromatic amines is 1. The number of piperidine rings is 1. The third kappa shape index (κ3) is 5.08. The van der Waals surface area contributed by atoms with Gasteiger partial charge in [0.25, 0.3) is 5.91 Å². The number of aryl methyl sites for hydroxylation is 1. The minimum atomic E-state index is -3.55. The fraction of sp³-hybridized carbons (Fsp3) is 0.409. The Kier molecular flexibility index (Phi) is 7.15. The molecule has 1 saturated heterocycles. The van der Waals surface area contributed by atoms with E-state index >= 15 is 0 Å². The summed E-state index contributed by atoms with van der Waals surface area (Å²) in [6.45, 7) is 5.23. The molecule has 1 aromatic heterocycles. The quantitative estimate of drug-likeness (QED) is 0.482. The number of ketones is 1. The Labute approximate surface area is 187 Å². The molecule has 1 amide bonds. The number of sulfonamides is 1. The van der Waals surface area contributed by atoms with Gasteiger partial charge < -0.3 is 15.0 Å². The van der Waals surface area contributed by atoms with Crippen LogP contribution in [0, 0.1) is 13.8 Å². The lowest BCUT2D eigenvalue weighted by molar-refractivity contribution is -0.119. The van der Waals surface area contributed by atoms with Crippen molar-refractivity contribution in [1.29, 1.82) is 0 Å². The van der Waals surface area contributed by atoms with Crippen molar-refractivity contribution in [3.63, 3.8) is 0 Å². The Morgan fingerprint density at radius 2 is 1.69 bits per heavy atom. The zero-order chi connectivity index (χ0) is 23.5. The van der Waals surface area contributed by atoms with Gasteiger partial charge >= 0.3 is 5.97 Å². The number of H-pyrrole nitrogens is 1. The van der Waals surface area contributed by atoms with Crippen molar-refractivity contribution in [2.45, 2.75) is 44.9 Å². The van der Waals surface area contributed by atoms with Crippen LogP contribution in [0.4, 0.5) is 5.69 Å². The number of anilines is 1. The third-order valence-corrected chi connectivity index (χ3v) is 7.33. The van der Waals surface area contributed by atoms with Crippen LogP contribution in [-0.4, -0.2) is 55.1 Å². The molecule has 2 heterocycles. The van der Waals surface area contributed by atoms with Crippen molar-refractivity contribution in [1.82, 2.24) is 9.29 Å². The number of carbonyl (C=O) groups excluding carboxylic acids is 3. The topological polar surface area (TPSA) is 126 Å². The largest absolute Gasteiger partial charge is 0.451 e. The predicted octanol–water partition coefficient (Wildman–Crippen LogP) is 2.80. The second-order valence-electron chi connectivity index (χ2n) is 7.79. The van der Waals surface area contributed by atoms with Gasteiger partial charge in [0.1, 0.15) is 5.69 Å². The summed E-state index contributed by atoms with van der Waals surface area (Å²) < 4.78 is 31.9. The molecule has 172 valence electrons. The maximum absolute atomic E-state index is 12.7. The zero-order valence-electron chi connectivity index (χ0n) is 18.4. The van der Waals surface area contributed by atoms with E-state index in [-0.39, 0.29) is 16.4 Å². The molecule has 0 spiro atoms. The Morgan fingerprint density at radius 1 is 1.06 bits per heavy atom. The fourth-order valence-electron chi connectivity index (χ4n) is 3.85. The van der Waals surface area contributed by atoms with Gasteiger partial charge in [-0.05, 0) is 63.4 Å². The molecule has 0 unspecified atom stereocenters. The van der Waals surface area contributed by atoms with Crippen molar-refractivity contribution in [3.8, 4) is 0 Å². The summed E-state index contributed by atoms with van der Waals surface area (Å²) in [6, 6.07) is 5.88. The van der Waals surface area contributed by atoms with Crippen LogP contribution in [0.1, 0.15) is 58.3 Å². The van der Waals surface area contributed by atoms with Crippen molar-refractivity contribution in [2.75, 3.05) is 25.0 Å². The minimum Gasteiger partial charge on any atom is -0.451 e. The standard InChI is InChI=1S/C22H27N3O6S/c1-14-20(16(3)26)15(2)23-21(14)22(28)31-13-19(27)24-17-7-9-18(10-8-17)32(29,30)25-11-5-4-6-12-25/h7-10,23H,4-6,11-13H2,1-3H3,(H,24,27). The number of amides is 1. The number of benzene rings is 1. The van der Waals surface area contributed by atoms with Crippen LogP contribution in [0.25, 0.3) is 0 Å². The lowest BCUT2D eigenvalue weighted by Crippen LogP contribution is -2.35. The lowest BCUT2D eigenvalue weighted by atomic mass is 10.1. The number of Topliss-reactive ketones (excluding diaryl/α,β-unsaturated/α-hetero) is 1. The van der Waals surface area contributed by atoms with Crippen LogP contribution in [0.3, 0.4) is 0 Å². The summed E-state index contributed by atoms with van der Waals surface area (Å²) in [5.74, 6) is -1.48. The number of hydrogen-bond acceptors (Lipinski definition) is 6. The second kappa shape index (κ2) is 9.66. The highest BCUT2D eigenvalue weighted by atomic mass is 32.2. The molecule has 0 atom stereocenters. The van der Waals surface area contributed by atoms with Crippen molar-refractivity contribution < 1.29 is 27.5 Å². The van der Waals surface area contributed by atoms with Gasteiger partial charge in [-0.3, -0.25) is 9.59 Å². The van der Waals surface area contributed by atoms with Crippen LogP contribution in [0.5, 0.6) is 0 Å². The van der Waals surface area contributed by atoms with E-state index in [0.717, 1.165) is 19.3 Å². The molecule has 1 aliphatic rings. The number of ether oxygens (including phenoxy) is 1. The van der Waals surface area contributed by atoms with Crippen LogP contribution in [0.15, 0.2) is 29.2 Å². The van der Waals surface area contributed by atoms with E-state index in [0.29, 0.717) is 35.6 Å². The third-order valence-electron chi connectivity index (χ3n) is 5.42. The summed E-state index contributed by atoms with van der Waals surface area (Å²) in [6.07, 6.45) is 2.73. The van der Waals surface area contributed by atoms with Crippen LogP contribution >= 0.6 is 0 Å². The minimum absolute atomic E-state index is 0.132. The maximum atomic E-state index is 12.7. The number of nitrogens with one attached hydrogen (secondary N) is 2. The van der Waals surface area contributed by atoms with Gasteiger partial charge in [0.15, 0.2) is 12.4 Å². The van der Waals surface area contributed by atoms with E-state index in [9.17, 15) is 22.8 Å². The van der Waals surface area contributed by atoms with Crippen molar-refractivity contribution in [2.24, 2.45) is 0 Å². The van der Waals surface area contributed by atoms with E-state index < -0.39 is 28.5 Å². The van der Waals surface area contributed by atoms with Crippen LogP contribution in [0.2, 0.25) is 0 Å². The van der Waals surface area contributed by atoms with Crippen LogP contribution < -0.4 is 5.32 Å². The predicted molar refractivity (Wildman–Crippen MR) is 118 cm³/mol. The Balaban J connectivity index is 1.58. The highest BCUT2D eigenvalue weighted by Crippen LogP contribution is 2.22. The first-order valence-electron chi connectivity index (χ1n) is 10.4. The van der Waals surface area contributed by atoms with Crippen molar-refractivity contribution >= 4 is 33.4 Å². The summed E-state index contributed by atoms with van der Waals surface area (Å²) in [7, 11) is -3.55. The first-order chi connectivity index (χ1) is 15.1. The zero-order valence-corrected chi connectivity index (χ0v) is 19.2. The van der Waals surface area contributed by atoms with Gasteiger partial charge in [-0.2, -0.15) is 4.31 Å². The monoisotopic (exact) mass is 461 g/mol. The normalized spacial score (nSPS) is 14.7. The Bertz CT molecular complexity index is 1130. The van der Waals surface area contributed by atoms with E-state index in [1.807, 2.05) is 0 Å². The lowest BCUT2D eigenvalue weighted by Gasteiger charge is -2.25. The van der Waals surface area contributed by atoms with Gasteiger partial charge in [-0.15, -0.1) is 0 Å². The summed E-state index contributed by atoms with van der Waals surface area (Å²) >= 11 is 0. The van der Waals surface area contributed by atoms with E-state index in [4.69, 9.17) is 4.74 Å². The average molecular weight is 462 g/mol. The number of nitrogens with zero attached hydrogens (tertiary/aromatic N) is 1. The highest BCUT2D eigenvalue weighted by molar-refractivity contribution is 7.89. The Morgan fingerprint density at radius 3 is 2.25 bits per heavy atom. The molecule has 0 radical (unpaired) electrons. The molecular weight excluding hydrogens is 434 g/mol. The molecule has 9 nitrogen and oxygen atoms in total. The SMILES string of the molecule is CC(=O)c1c(C)[nH]c(C(=O)OCC(=O)Nc2ccc(S(=O)(=O)N3CCCCC3)cc2)c1C. The van der Waals surface area contributed by atoms with E-state index in [1.165, 1.54) is 35.5 Å². The Hall–Kier alpha value is -2.98. The number of esters is 1. The molecule has 1 aliphatic heterocycles. The van der Waals surface area contributed by atoms with Gasteiger partial charge in [-0.25, -0.2) is 13.2 Å². The second-order valence-corrected chi connectivity index (χ2v) is 9.73. The molecule has 0 saturated carbocycles. The number of aromatic nitrogens is 1. The highest BCUT2D eigenvalue weighted by Gasteiger charge is 2.26. The average Bonchev–Trinajstić information content (AvgIpc) is 3.07. The first kappa shape index (κ1) is 23.7.